The van der Waals surface area contributed by atoms with Crippen molar-refractivity contribution in [3.8, 4) is 0 Å². The second kappa shape index (κ2) is 3.01. The van der Waals surface area contributed by atoms with Crippen LogP contribution in [0.4, 0.5) is 5.69 Å². The van der Waals surface area contributed by atoms with Crippen LogP contribution >= 0.6 is 0 Å². The molecule has 14 heavy (non-hydrogen) atoms. The maximum Gasteiger partial charge on any atom is 0.0375 e. The van der Waals surface area contributed by atoms with Crippen molar-refractivity contribution in [1.29, 1.82) is 0 Å². The Bertz CT molecular complexity index is 352. The van der Waals surface area contributed by atoms with E-state index in [1.54, 1.807) is 0 Å². The second-order valence-corrected chi connectivity index (χ2v) is 5.01. The molecule has 0 bridgehead atoms. The first-order valence-corrected chi connectivity index (χ1v) is 5.37. The molecular weight excluding hydrogens is 170 g/mol. The van der Waals surface area contributed by atoms with Crippen LogP contribution in [0.25, 0.3) is 0 Å². The molecule has 0 aliphatic heterocycles. The molecule has 1 unspecified atom stereocenters. The number of anilines is 1. The van der Waals surface area contributed by atoms with Crippen LogP contribution in [-0.2, 0) is 5.41 Å². The third-order valence-electron chi connectivity index (χ3n) is 3.41. The summed E-state index contributed by atoms with van der Waals surface area (Å²) < 4.78 is 0. The van der Waals surface area contributed by atoms with Gasteiger partial charge in [-0.1, -0.05) is 32.9 Å². The summed E-state index contributed by atoms with van der Waals surface area (Å²) in [6.45, 7) is 7.01. The Balaban J connectivity index is 2.61. The number of nitrogens with one attached hydrogen (secondary N) is 1. The lowest BCUT2D eigenvalue weighted by molar-refractivity contribution is 0.489. The number of hydrogen-bond acceptors (Lipinski definition) is 1. The standard InChI is InChI=1S/C13H19N/c1-9-8-13(2,3)10-6-5-7-11(14-4)12(9)10/h5-7,9,14H,8H2,1-4H3. The van der Waals surface area contributed by atoms with E-state index in [4.69, 9.17) is 0 Å². The van der Waals surface area contributed by atoms with Gasteiger partial charge in [0.1, 0.15) is 0 Å². The minimum absolute atomic E-state index is 0.349. The van der Waals surface area contributed by atoms with E-state index >= 15 is 0 Å². The normalized spacial score (nSPS) is 23.3. The van der Waals surface area contributed by atoms with Crippen molar-refractivity contribution in [2.24, 2.45) is 0 Å². The summed E-state index contributed by atoms with van der Waals surface area (Å²) in [5.74, 6) is 0.684. The molecule has 0 aromatic heterocycles. The lowest BCUT2D eigenvalue weighted by Crippen LogP contribution is -2.11. The van der Waals surface area contributed by atoms with Crippen LogP contribution < -0.4 is 5.32 Å². The molecule has 0 radical (unpaired) electrons. The molecule has 1 aliphatic carbocycles. The van der Waals surface area contributed by atoms with Crippen molar-refractivity contribution in [1.82, 2.24) is 0 Å². The number of rotatable bonds is 1. The Morgan fingerprint density at radius 3 is 2.71 bits per heavy atom. The van der Waals surface area contributed by atoms with Crippen LogP contribution in [0.3, 0.4) is 0 Å². The smallest absolute Gasteiger partial charge is 0.0375 e. The van der Waals surface area contributed by atoms with Crippen LogP contribution in [0, 0.1) is 0 Å². The zero-order valence-corrected chi connectivity index (χ0v) is 9.52. The highest BCUT2D eigenvalue weighted by molar-refractivity contribution is 5.60. The fourth-order valence-corrected chi connectivity index (χ4v) is 2.88. The summed E-state index contributed by atoms with van der Waals surface area (Å²) in [6, 6.07) is 6.61. The zero-order chi connectivity index (χ0) is 10.3. The molecule has 0 fully saturated rings. The molecule has 1 heteroatoms. The summed E-state index contributed by atoms with van der Waals surface area (Å²) >= 11 is 0. The van der Waals surface area contributed by atoms with E-state index in [1.165, 1.54) is 23.2 Å². The summed E-state index contributed by atoms with van der Waals surface area (Å²) in [4.78, 5) is 0. The molecule has 1 N–H and O–H groups in total. The predicted octanol–water partition coefficient (Wildman–Crippen LogP) is 3.51. The van der Waals surface area contributed by atoms with Gasteiger partial charge in [0.15, 0.2) is 0 Å². The molecule has 0 saturated carbocycles. The van der Waals surface area contributed by atoms with Gasteiger partial charge in [0.05, 0.1) is 0 Å². The third-order valence-corrected chi connectivity index (χ3v) is 3.41. The molecule has 1 nitrogen and oxygen atoms in total. The topological polar surface area (TPSA) is 12.0 Å². The van der Waals surface area contributed by atoms with Crippen molar-refractivity contribution in [2.45, 2.75) is 38.5 Å². The molecule has 1 aromatic rings. The molecule has 1 atom stereocenters. The zero-order valence-electron chi connectivity index (χ0n) is 9.52. The molecular formula is C13H19N. The van der Waals surface area contributed by atoms with Gasteiger partial charge in [-0.3, -0.25) is 0 Å². The van der Waals surface area contributed by atoms with Crippen molar-refractivity contribution >= 4 is 5.69 Å². The Kier molecular flexibility index (Phi) is 2.06. The van der Waals surface area contributed by atoms with Gasteiger partial charge in [-0.25, -0.2) is 0 Å². The quantitative estimate of drug-likeness (QED) is 0.712. The van der Waals surface area contributed by atoms with Crippen LogP contribution in [0.1, 0.15) is 44.2 Å². The van der Waals surface area contributed by atoms with Gasteiger partial charge in [0.25, 0.3) is 0 Å². The molecule has 2 rings (SSSR count). The van der Waals surface area contributed by atoms with Gasteiger partial charge in [-0.05, 0) is 34.9 Å². The fourth-order valence-electron chi connectivity index (χ4n) is 2.88. The van der Waals surface area contributed by atoms with E-state index in [-0.39, 0.29) is 0 Å². The van der Waals surface area contributed by atoms with Gasteiger partial charge < -0.3 is 5.32 Å². The van der Waals surface area contributed by atoms with Crippen LogP contribution in [0.15, 0.2) is 18.2 Å². The largest absolute Gasteiger partial charge is 0.388 e. The SMILES string of the molecule is CNc1cccc2c1C(C)CC2(C)C. The van der Waals surface area contributed by atoms with E-state index < -0.39 is 0 Å². The highest BCUT2D eigenvalue weighted by Gasteiger charge is 2.35. The average Bonchev–Trinajstić information content (AvgIpc) is 2.38. The van der Waals surface area contributed by atoms with Gasteiger partial charge in [0, 0.05) is 12.7 Å². The molecule has 1 aromatic carbocycles. The van der Waals surface area contributed by atoms with Gasteiger partial charge >= 0.3 is 0 Å². The van der Waals surface area contributed by atoms with Crippen LogP contribution in [0.5, 0.6) is 0 Å². The van der Waals surface area contributed by atoms with Crippen molar-refractivity contribution in [3.63, 3.8) is 0 Å². The van der Waals surface area contributed by atoms with Gasteiger partial charge in [0.2, 0.25) is 0 Å². The monoisotopic (exact) mass is 189 g/mol. The molecule has 0 heterocycles. The molecule has 0 saturated heterocycles. The van der Waals surface area contributed by atoms with Crippen molar-refractivity contribution < 1.29 is 0 Å². The fraction of sp³-hybridized carbons (Fsp3) is 0.538. The van der Waals surface area contributed by atoms with E-state index in [0.717, 1.165) is 0 Å². The summed E-state index contributed by atoms with van der Waals surface area (Å²) in [7, 11) is 2.01. The summed E-state index contributed by atoms with van der Waals surface area (Å²) in [6.07, 6.45) is 1.26. The Morgan fingerprint density at radius 1 is 1.36 bits per heavy atom. The first-order chi connectivity index (χ1) is 6.56. The van der Waals surface area contributed by atoms with E-state index in [1.807, 2.05) is 7.05 Å². The van der Waals surface area contributed by atoms with Crippen LogP contribution in [-0.4, -0.2) is 7.05 Å². The summed E-state index contributed by atoms with van der Waals surface area (Å²) in [5.41, 5.74) is 4.71. The Labute approximate surface area is 86.5 Å². The first kappa shape index (κ1) is 9.57. The van der Waals surface area contributed by atoms with Crippen molar-refractivity contribution in [2.75, 3.05) is 12.4 Å². The highest BCUT2D eigenvalue weighted by atomic mass is 14.8. The lowest BCUT2D eigenvalue weighted by Gasteiger charge is -2.19. The molecule has 0 amide bonds. The first-order valence-electron chi connectivity index (χ1n) is 5.37. The van der Waals surface area contributed by atoms with Gasteiger partial charge in [-0.15, -0.1) is 0 Å². The third kappa shape index (κ3) is 1.23. The molecule has 76 valence electrons. The predicted molar refractivity (Wildman–Crippen MR) is 62.0 cm³/mol. The molecule has 1 aliphatic rings. The number of fused-ring (bicyclic) bond motifs is 1. The molecule has 0 spiro atoms. The van der Waals surface area contributed by atoms with Crippen LogP contribution in [0.2, 0.25) is 0 Å². The second-order valence-electron chi connectivity index (χ2n) is 5.01. The average molecular weight is 189 g/mol. The minimum Gasteiger partial charge on any atom is -0.388 e. The Morgan fingerprint density at radius 2 is 2.07 bits per heavy atom. The summed E-state index contributed by atoms with van der Waals surface area (Å²) in [5, 5.41) is 3.30. The van der Waals surface area contributed by atoms with Gasteiger partial charge in [-0.2, -0.15) is 0 Å². The Hall–Kier alpha value is -0.980. The maximum absolute atomic E-state index is 3.30. The van der Waals surface area contributed by atoms with E-state index in [0.29, 0.717) is 11.3 Å². The highest BCUT2D eigenvalue weighted by Crippen LogP contribution is 2.48. The maximum atomic E-state index is 3.30. The minimum atomic E-state index is 0.349. The number of benzene rings is 1. The lowest BCUT2D eigenvalue weighted by atomic mass is 9.86. The van der Waals surface area contributed by atoms with Crippen molar-refractivity contribution in [3.05, 3.63) is 29.3 Å². The van der Waals surface area contributed by atoms with E-state index in [9.17, 15) is 0 Å². The number of hydrogen-bond donors (Lipinski definition) is 1. The van der Waals surface area contributed by atoms with E-state index in [2.05, 4.69) is 44.3 Å².